The molecule has 1 saturated carbocycles. The van der Waals surface area contributed by atoms with Gasteiger partial charge in [0.05, 0.1) is 0 Å². The Labute approximate surface area is 83.5 Å². The van der Waals surface area contributed by atoms with Gasteiger partial charge in [0.15, 0.2) is 0 Å². The van der Waals surface area contributed by atoms with E-state index in [1.54, 1.807) is 0 Å². The van der Waals surface area contributed by atoms with Crippen LogP contribution in [0.25, 0.3) is 0 Å². The van der Waals surface area contributed by atoms with Gasteiger partial charge in [0.25, 0.3) is 0 Å². The van der Waals surface area contributed by atoms with E-state index >= 15 is 0 Å². The molecule has 0 atom stereocenters. The molecule has 78 valence electrons. The standard InChI is InChI=1S/C12H25N/c1-10(2)12(3,4)9-13(5)11-7-6-8-11/h10-11H,6-9H2,1-5H3. The maximum absolute atomic E-state index is 2.56. The molecule has 1 nitrogen and oxygen atoms in total. The highest BCUT2D eigenvalue weighted by Crippen LogP contribution is 2.31. The van der Waals surface area contributed by atoms with Crippen LogP contribution in [0.4, 0.5) is 0 Å². The predicted octanol–water partition coefficient (Wildman–Crippen LogP) is 3.15. The number of nitrogens with zero attached hydrogens (tertiary/aromatic N) is 1. The minimum atomic E-state index is 0.463. The first-order valence-electron chi connectivity index (χ1n) is 5.64. The van der Waals surface area contributed by atoms with Crippen LogP contribution in [0.2, 0.25) is 0 Å². The molecule has 0 saturated heterocycles. The predicted molar refractivity (Wildman–Crippen MR) is 58.9 cm³/mol. The highest BCUT2D eigenvalue weighted by atomic mass is 15.1. The lowest BCUT2D eigenvalue weighted by Gasteiger charge is -2.41. The molecule has 0 aromatic heterocycles. The Bertz CT molecular complexity index is 157. The zero-order valence-electron chi connectivity index (χ0n) is 9.93. The molecule has 0 bridgehead atoms. The molecule has 0 aromatic rings. The Hall–Kier alpha value is -0.0400. The van der Waals surface area contributed by atoms with Gasteiger partial charge in [-0.3, -0.25) is 0 Å². The fraction of sp³-hybridized carbons (Fsp3) is 1.00. The second-order valence-corrected chi connectivity index (χ2v) is 5.64. The lowest BCUT2D eigenvalue weighted by Crippen LogP contribution is -2.43. The molecule has 0 heterocycles. The van der Waals surface area contributed by atoms with Crippen LogP contribution in [-0.2, 0) is 0 Å². The van der Waals surface area contributed by atoms with E-state index in [1.165, 1.54) is 25.8 Å². The third-order valence-electron chi connectivity index (χ3n) is 3.92. The molecule has 0 radical (unpaired) electrons. The summed E-state index contributed by atoms with van der Waals surface area (Å²) in [5.74, 6) is 0.773. The average Bonchev–Trinajstić information content (AvgIpc) is 1.80. The SMILES string of the molecule is CC(C)C(C)(C)CN(C)C1CCC1. The van der Waals surface area contributed by atoms with Crippen molar-refractivity contribution in [1.29, 1.82) is 0 Å². The number of hydrogen-bond donors (Lipinski definition) is 0. The first-order valence-corrected chi connectivity index (χ1v) is 5.64. The van der Waals surface area contributed by atoms with E-state index in [9.17, 15) is 0 Å². The van der Waals surface area contributed by atoms with E-state index < -0.39 is 0 Å². The van der Waals surface area contributed by atoms with Crippen molar-refractivity contribution in [2.75, 3.05) is 13.6 Å². The first kappa shape index (κ1) is 11.0. The van der Waals surface area contributed by atoms with Gasteiger partial charge in [-0.1, -0.05) is 34.1 Å². The number of hydrogen-bond acceptors (Lipinski definition) is 1. The Kier molecular flexibility index (Phi) is 3.39. The summed E-state index contributed by atoms with van der Waals surface area (Å²) in [6.07, 6.45) is 4.28. The topological polar surface area (TPSA) is 3.24 Å². The van der Waals surface area contributed by atoms with Crippen molar-refractivity contribution in [3.05, 3.63) is 0 Å². The normalized spacial score (nSPS) is 19.6. The smallest absolute Gasteiger partial charge is 0.00924 e. The molecule has 0 unspecified atom stereocenters. The molecule has 1 rings (SSSR count). The highest BCUT2D eigenvalue weighted by Gasteiger charge is 2.29. The maximum atomic E-state index is 2.56. The molecule has 1 heteroatoms. The molecular formula is C12H25N. The van der Waals surface area contributed by atoms with Crippen molar-refractivity contribution in [2.45, 2.75) is 53.0 Å². The van der Waals surface area contributed by atoms with Crippen molar-refractivity contribution >= 4 is 0 Å². The van der Waals surface area contributed by atoms with Gasteiger partial charge in [0, 0.05) is 12.6 Å². The van der Waals surface area contributed by atoms with Crippen LogP contribution in [0.5, 0.6) is 0 Å². The van der Waals surface area contributed by atoms with Crippen LogP contribution in [0, 0.1) is 11.3 Å². The molecule has 0 N–H and O–H groups in total. The first-order chi connectivity index (χ1) is 5.93. The average molecular weight is 183 g/mol. The molecule has 0 aromatic carbocycles. The molecule has 13 heavy (non-hydrogen) atoms. The molecule has 1 fully saturated rings. The summed E-state index contributed by atoms with van der Waals surface area (Å²) >= 11 is 0. The van der Waals surface area contributed by atoms with Gasteiger partial charge < -0.3 is 4.90 Å². The van der Waals surface area contributed by atoms with Gasteiger partial charge in [0.2, 0.25) is 0 Å². The van der Waals surface area contributed by atoms with Crippen LogP contribution in [0.3, 0.4) is 0 Å². The minimum absolute atomic E-state index is 0.463. The van der Waals surface area contributed by atoms with Crippen LogP contribution in [0.15, 0.2) is 0 Å². The molecule has 0 spiro atoms. The van der Waals surface area contributed by atoms with E-state index in [0.717, 1.165) is 12.0 Å². The zero-order chi connectivity index (χ0) is 10.1. The van der Waals surface area contributed by atoms with E-state index in [4.69, 9.17) is 0 Å². The maximum Gasteiger partial charge on any atom is 0.00924 e. The summed E-state index contributed by atoms with van der Waals surface area (Å²) in [4.78, 5) is 2.56. The van der Waals surface area contributed by atoms with Gasteiger partial charge in [-0.2, -0.15) is 0 Å². The van der Waals surface area contributed by atoms with Gasteiger partial charge in [0.1, 0.15) is 0 Å². The van der Waals surface area contributed by atoms with E-state index in [-0.39, 0.29) is 0 Å². The Balaban J connectivity index is 2.37. The van der Waals surface area contributed by atoms with Crippen molar-refractivity contribution in [3.8, 4) is 0 Å². The Morgan fingerprint density at radius 3 is 2.15 bits per heavy atom. The summed E-state index contributed by atoms with van der Waals surface area (Å²) in [6.45, 7) is 10.7. The van der Waals surface area contributed by atoms with Gasteiger partial charge in [-0.25, -0.2) is 0 Å². The fourth-order valence-corrected chi connectivity index (χ4v) is 1.78. The summed E-state index contributed by atoms with van der Waals surface area (Å²) in [7, 11) is 2.29. The fourth-order valence-electron chi connectivity index (χ4n) is 1.78. The molecular weight excluding hydrogens is 158 g/mol. The molecule has 0 aliphatic heterocycles. The molecule has 1 aliphatic carbocycles. The quantitative estimate of drug-likeness (QED) is 0.647. The van der Waals surface area contributed by atoms with Crippen molar-refractivity contribution < 1.29 is 0 Å². The summed E-state index contributed by atoms with van der Waals surface area (Å²) < 4.78 is 0. The molecule has 1 aliphatic rings. The van der Waals surface area contributed by atoms with E-state index in [2.05, 4.69) is 39.6 Å². The second-order valence-electron chi connectivity index (χ2n) is 5.64. The van der Waals surface area contributed by atoms with Crippen LogP contribution >= 0.6 is 0 Å². The summed E-state index contributed by atoms with van der Waals surface area (Å²) in [5, 5.41) is 0. The van der Waals surface area contributed by atoms with Gasteiger partial charge in [-0.15, -0.1) is 0 Å². The van der Waals surface area contributed by atoms with Crippen molar-refractivity contribution in [1.82, 2.24) is 4.90 Å². The molecule has 0 amide bonds. The summed E-state index contributed by atoms with van der Waals surface area (Å²) in [6, 6.07) is 0.887. The number of rotatable bonds is 4. The monoisotopic (exact) mass is 183 g/mol. The van der Waals surface area contributed by atoms with Crippen molar-refractivity contribution in [2.24, 2.45) is 11.3 Å². The van der Waals surface area contributed by atoms with Crippen LogP contribution in [0.1, 0.15) is 47.0 Å². The zero-order valence-corrected chi connectivity index (χ0v) is 9.93. The van der Waals surface area contributed by atoms with Gasteiger partial charge >= 0.3 is 0 Å². The highest BCUT2D eigenvalue weighted by molar-refractivity contribution is 4.83. The lowest BCUT2D eigenvalue weighted by molar-refractivity contribution is 0.0855. The van der Waals surface area contributed by atoms with E-state index in [0.29, 0.717) is 5.41 Å². The third-order valence-corrected chi connectivity index (χ3v) is 3.92. The largest absolute Gasteiger partial charge is 0.303 e. The summed E-state index contributed by atoms with van der Waals surface area (Å²) in [5.41, 5.74) is 0.463. The van der Waals surface area contributed by atoms with E-state index in [1.807, 2.05) is 0 Å². The van der Waals surface area contributed by atoms with Crippen LogP contribution < -0.4 is 0 Å². The third kappa shape index (κ3) is 2.70. The van der Waals surface area contributed by atoms with Crippen LogP contribution in [-0.4, -0.2) is 24.5 Å². The minimum Gasteiger partial charge on any atom is -0.303 e. The van der Waals surface area contributed by atoms with Crippen molar-refractivity contribution in [3.63, 3.8) is 0 Å². The lowest BCUT2D eigenvalue weighted by atomic mass is 9.79. The Morgan fingerprint density at radius 2 is 1.85 bits per heavy atom. The second kappa shape index (κ2) is 4.00. The Morgan fingerprint density at radius 1 is 1.31 bits per heavy atom. The van der Waals surface area contributed by atoms with Gasteiger partial charge in [-0.05, 0) is 31.2 Å².